The largest absolute Gasteiger partial charge is 0.383 e. The molecule has 1 aliphatic rings. The fourth-order valence-electron chi connectivity index (χ4n) is 2.92. The number of methoxy groups -OCH3 is 2. The molecule has 1 fully saturated rings. The van der Waals surface area contributed by atoms with Crippen molar-refractivity contribution in [2.75, 3.05) is 27.4 Å². The van der Waals surface area contributed by atoms with Crippen LogP contribution < -0.4 is 10.6 Å². The number of rotatable bonds is 8. The first-order valence-electron chi connectivity index (χ1n) is 8.06. The van der Waals surface area contributed by atoms with Crippen LogP contribution in [0.1, 0.15) is 39.5 Å². The maximum atomic E-state index is 12.1. The zero-order chi connectivity index (χ0) is 16.5. The van der Waals surface area contributed by atoms with E-state index in [0.717, 1.165) is 25.7 Å². The van der Waals surface area contributed by atoms with E-state index in [1.54, 1.807) is 14.2 Å². The first-order valence-corrected chi connectivity index (χ1v) is 8.06. The van der Waals surface area contributed by atoms with Gasteiger partial charge in [0.05, 0.1) is 13.2 Å². The van der Waals surface area contributed by atoms with Crippen molar-refractivity contribution in [3.63, 3.8) is 0 Å². The SMILES string of the molecule is COCC(C)NC(=O)C1CCC(C(=O)NC(C)COC)CC1. The lowest BCUT2D eigenvalue weighted by Gasteiger charge is -2.28. The molecular formula is C16H30N2O4. The minimum absolute atomic E-state index is 0.0137. The first-order chi connectivity index (χ1) is 10.5. The van der Waals surface area contributed by atoms with Crippen molar-refractivity contribution in [1.82, 2.24) is 10.6 Å². The maximum absolute atomic E-state index is 12.1. The van der Waals surface area contributed by atoms with E-state index in [1.807, 2.05) is 13.8 Å². The fraction of sp³-hybridized carbons (Fsp3) is 0.875. The average molecular weight is 314 g/mol. The van der Waals surface area contributed by atoms with Crippen molar-refractivity contribution >= 4 is 11.8 Å². The highest BCUT2D eigenvalue weighted by atomic mass is 16.5. The van der Waals surface area contributed by atoms with Crippen LogP contribution in [0.5, 0.6) is 0 Å². The Labute approximate surface area is 133 Å². The van der Waals surface area contributed by atoms with Gasteiger partial charge in [-0.25, -0.2) is 0 Å². The van der Waals surface area contributed by atoms with E-state index in [9.17, 15) is 9.59 Å². The Bertz CT molecular complexity index is 320. The van der Waals surface area contributed by atoms with Crippen LogP contribution >= 0.6 is 0 Å². The third kappa shape index (κ3) is 6.32. The van der Waals surface area contributed by atoms with Gasteiger partial charge in [-0.15, -0.1) is 0 Å². The van der Waals surface area contributed by atoms with Crippen LogP contribution in [-0.2, 0) is 19.1 Å². The fourth-order valence-corrected chi connectivity index (χ4v) is 2.92. The zero-order valence-electron chi connectivity index (χ0n) is 14.2. The van der Waals surface area contributed by atoms with Crippen LogP contribution in [-0.4, -0.2) is 51.3 Å². The number of carbonyl (C=O) groups excluding carboxylic acids is 2. The number of hydrogen-bond donors (Lipinski definition) is 2. The number of hydrogen-bond acceptors (Lipinski definition) is 4. The highest BCUT2D eigenvalue weighted by Gasteiger charge is 2.30. The Morgan fingerprint density at radius 3 is 1.45 bits per heavy atom. The van der Waals surface area contributed by atoms with Gasteiger partial charge in [-0.2, -0.15) is 0 Å². The van der Waals surface area contributed by atoms with E-state index in [1.165, 1.54) is 0 Å². The molecule has 0 heterocycles. The zero-order valence-corrected chi connectivity index (χ0v) is 14.2. The van der Waals surface area contributed by atoms with Gasteiger partial charge in [0.25, 0.3) is 0 Å². The molecule has 1 aliphatic carbocycles. The second kappa shape index (κ2) is 9.79. The molecule has 6 heteroatoms. The summed E-state index contributed by atoms with van der Waals surface area (Å²) in [5.74, 6) is 0.187. The molecule has 0 aromatic carbocycles. The van der Waals surface area contributed by atoms with Crippen molar-refractivity contribution in [1.29, 1.82) is 0 Å². The lowest BCUT2D eigenvalue weighted by molar-refractivity contribution is -0.131. The van der Waals surface area contributed by atoms with E-state index in [2.05, 4.69) is 10.6 Å². The van der Waals surface area contributed by atoms with Gasteiger partial charge < -0.3 is 20.1 Å². The predicted octanol–water partition coefficient (Wildman–Crippen LogP) is 1.10. The van der Waals surface area contributed by atoms with Crippen LogP contribution in [0.25, 0.3) is 0 Å². The Balaban J connectivity index is 2.33. The molecule has 2 N–H and O–H groups in total. The molecule has 0 saturated heterocycles. The summed E-state index contributed by atoms with van der Waals surface area (Å²) in [6.45, 7) is 4.89. The van der Waals surface area contributed by atoms with Crippen molar-refractivity contribution in [3.05, 3.63) is 0 Å². The van der Waals surface area contributed by atoms with Gasteiger partial charge in [0.1, 0.15) is 0 Å². The minimum Gasteiger partial charge on any atom is -0.383 e. The number of amides is 2. The summed E-state index contributed by atoms with van der Waals surface area (Å²) >= 11 is 0. The molecule has 0 bridgehead atoms. The van der Waals surface area contributed by atoms with E-state index in [0.29, 0.717) is 13.2 Å². The first kappa shape index (κ1) is 18.9. The molecule has 2 unspecified atom stereocenters. The van der Waals surface area contributed by atoms with E-state index in [-0.39, 0.29) is 35.7 Å². The molecule has 0 aliphatic heterocycles. The summed E-state index contributed by atoms with van der Waals surface area (Å²) in [6, 6.07) is 0.0434. The maximum Gasteiger partial charge on any atom is 0.223 e. The van der Waals surface area contributed by atoms with Crippen molar-refractivity contribution in [2.45, 2.75) is 51.6 Å². The van der Waals surface area contributed by atoms with Gasteiger partial charge in [-0.1, -0.05) is 0 Å². The molecule has 2 amide bonds. The lowest BCUT2D eigenvalue weighted by atomic mass is 9.81. The molecule has 1 saturated carbocycles. The molecule has 128 valence electrons. The van der Waals surface area contributed by atoms with Crippen molar-refractivity contribution < 1.29 is 19.1 Å². The number of carbonyl (C=O) groups is 2. The topological polar surface area (TPSA) is 76.7 Å². The molecule has 0 aromatic heterocycles. The molecule has 6 nitrogen and oxygen atoms in total. The van der Waals surface area contributed by atoms with E-state index >= 15 is 0 Å². The monoisotopic (exact) mass is 314 g/mol. The molecule has 22 heavy (non-hydrogen) atoms. The second-order valence-electron chi connectivity index (χ2n) is 6.28. The second-order valence-corrected chi connectivity index (χ2v) is 6.28. The number of ether oxygens (including phenoxy) is 2. The molecule has 0 aromatic rings. The molecular weight excluding hydrogens is 284 g/mol. The quantitative estimate of drug-likeness (QED) is 0.703. The average Bonchev–Trinajstić information content (AvgIpc) is 2.47. The van der Waals surface area contributed by atoms with Gasteiger partial charge in [0.15, 0.2) is 0 Å². The minimum atomic E-state index is 0.0137. The summed E-state index contributed by atoms with van der Waals surface area (Å²) in [6.07, 6.45) is 3.06. The molecule has 0 spiro atoms. The van der Waals surface area contributed by atoms with Crippen LogP contribution in [0.4, 0.5) is 0 Å². The summed E-state index contributed by atoms with van der Waals surface area (Å²) < 4.78 is 10.0. The standard InChI is InChI=1S/C16H30N2O4/c1-11(9-21-3)17-15(19)13-5-7-14(8-6-13)16(20)18-12(2)10-22-4/h11-14H,5-10H2,1-4H3,(H,17,19)(H,18,20). The Kier molecular flexibility index (Phi) is 8.42. The Morgan fingerprint density at radius 2 is 1.18 bits per heavy atom. The van der Waals surface area contributed by atoms with Gasteiger partial charge in [0, 0.05) is 38.1 Å². The van der Waals surface area contributed by atoms with Gasteiger partial charge >= 0.3 is 0 Å². The third-order valence-corrected chi connectivity index (χ3v) is 4.08. The highest BCUT2D eigenvalue weighted by molar-refractivity contribution is 5.81. The Hall–Kier alpha value is -1.14. The van der Waals surface area contributed by atoms with Crippen molar-refractivity contribution in [2.24, 2.45) is 11.8 Å². The molecule has 1 rings (SSSR count). The number of nitrogens with one attached hydrogen (secondary N) is 2. The summed E-state index contributed by atoms with van der Waals surface area (Å²) in [5.41, 5.74) is 0. The van der Waals surface area contributed by atoms with Crippen LogP contribution in [0, 0.1) is 11.8 Å². The van der Waals surface area contributed by atoms with Crippen LogP contribution in [0.3, 0.4) is 0 Å². The summed E-state index contributed by atoms with van der Waals surface area (Å²) in [5, 5.41) is 5.93. The Morgan fingerprint density at radius 1 is 0.864 bits per heavy atom. The van der Waals surface area contributed by atoms with Gasteiger partial charge in [-0.3, -0.25) is 9.59 Å². The smallest absolute Gasteiger partial charge is 0.223 e. The van der Waals surface area contributed by atoms with Crippen LogP contribution in [0.2, 0.25) is 0 Å². The van der Waals surface area contributed by atoms with Crippen molar-refractivity contribution in [3.8, 4) is 0 Å². The summed E-state index contributed by atoms with van der Waals surface area (Å²) in [7, 11) is 3.24. The highest BCUT2D eigenvalue weighted by Crippen LogP contribution is 2.29. The predicted molar refractivity (Wildman–Crippen MR) is 84.4 cm³/mol. The third-order valence-electron chi connectivity index (χ3n) is 4.08. The lowest BCUT2D eigenvalue weighted by Crippen LogP contribution is -2.43. The van der Waals surface area contributed by atoms with Gasteiger partial charge in [-0.05, 0) is 39.5 Å². The van der Waals surface area contributed by atoms with E-state index in [4.69, 9.17) is 9.47 Å². The molecule has 0 radical (unpaired) electrons. The molecule has 2 atom stereocenters. The van der Waals surface area contributed by atoms with Crippen LogP contribution in [0.15, 0.2) is 0 Å². The normalized spacial score (nSPS) is 24.4. The summed E-state index contributed by atoms with van der Waals surface area (Å²) in [4.78, 5) is 24.3. The van der Waals surface area contributed by atoms with E-state index < -0.39 is 0 Å². The van der Waals surface area contributed by atoms with Gasteiger partial charge in [0.2, 0.25) is 11.8 Å².